The zero-order chi connectivity index (χ0) is 17.4. The van der Waals surface area contributed by atoms with Gasteiger partial charge in [0.05, 0.1) is 6.07 Å². The molecule has 0 bridgehead atoms. The molecule has 128 valence electrons. The van der Waals surface area contributed by atoms with Crippen molar-refractivity contribution < 1.29 is 14.0 Å². The summed E-state index contributed by atoms with van der Waals surface area (Å²) in [6.45, 7) is 0.417. The zero-order valence-corrected chi connectivity index (χ0v) is 13.9. The number of Topliss-reactive ketones (excluding diaryl/α,β-unsaturated/α-hetero) is 1. The highest BCUT2D eigenvalue weighted by Gasteiger charge is 2.42. The van der Waals surface area contributed by atoms with E-state index in [4.69, 9.17) is 4.42 Å². The number of fused-ring (bicyclic) bond motifs is 1. The van der Waals surface area contributed by atoms with Crippen molar-refractivity contribution in [1.29, 1.82) is 5.26 Å². The number of benzene rings is 1. The molecule has 0 spiro atoms. The Labute approximate surface area is 145 Å². The van der Waals surface area contributed by atoms with Gasteiger partial charge >= 0.3 is 0 Å². The highest BCUT2D eigenvalue weighted by atomic mass is 16.3. The number of carbonyl (C=O) groups excluding carboxylic acids is 2. The van der Waals surface area contributed by atoms with Crippen LogP contribution >= 0.6 is 0 Å². The summed E-state index contributed by atoms with van der Waals surface area (Å²) in [4.78, 5) is 31.3. The van der Waals surface area contributed by atoms with E-state index in [1.165, 1.54) is 0 Å². The second kappa shape index (κ2) is 6.32. The topological polar surface area (TPSA) is 87.2 Å². The molecule has 4 rings (SSSR count). The Morgan fingerprint density at radius 3 is 2.80 bits per heavy atom. The average molecular weight is 337 g/mol. The Bertz CT molecular complexity index is 827. The molecule has 1 aliphatic heterocycles. The van der Waals surface area contributed by atoms with E-state index in [1.807, 2.05) is 23.1 Å². The van der Waals surface area contributed by atoms with Crippen molar-refractivity contribution in [3.8, 4) is 6.07 Å². The van der Waals surface area contributed by atoms with Crippen LogP contribution in [-0.4, -0.2) is 34.2 Å². The van der Waals surface area contributed by atoms with E-state index in [1.54, 1.807) is 12.1 Å². The number of likely N-dealkylation sites (tertiary alicyclic amines) is 1. The van der Waals surface area contributed by atoms with Crippen molar-refractivity contribution in [3.63, 3.8) is 0 Å². The Kier molecular flexibility index (Phi) is 4.00. The van der Waals surface area contributed by atoms with Gasteiger partial charge in [-0.15, -0.1) is 0 Å². The summed E-state index contributed by atoms with van der Waals surface area (Å²) in [6.07, 6.45) is 4.49. The monoisotopic (exact) mass is 337 g/mol. The third-order valence-corrected chi connectivity index (χ3v) is 5.30. The van der Waals surface area contributed by atoms with Crippen LogP contribution in [-0.2, 0) is 9.59 Å². The predicted octanol–water partition coefficient (Wildman–Crippen LogP) is 2.80. The van der Waals surface area contributed by atoms with Crippen LogP contribution in [0.4, 0.5) is 0 Å². The van der Waals surface area contributed by atoms with Gasteiger partial charge in [-0.1, -0.05) is 25.0 Å². The number of carbonyl (C=O) groups is 2. The minimum atomic E-state index is -1.06. The lowest BCUT2D eigenvalue weighted by Gasteiger charge is -2.24. The molecular formula is C19H19N3O3. The number of hydrogen-bond acceptors (Lipinski definition) is 5. The number of ketones is 1. The van der Waals surface area contributed by atoms with Gasteiger partial charge in [0.15, 0.2) is 17.3 Å². The molecule has 2 aliphatic rings. The SMILES string of the molecule is N#C[C@H](C(=O)[C@H]1CC(=O)N(C2CCCC2)C1)c1nc2ccccc2o1. The predicted molar refractivity (Wildman–Crippen MR) is 89.4 cm³/mol. The van der Waals surface area contributed by atoms with E-state index in [0.29, 0.717) is 17.6 Å². The third-order valence-electron chi connectivity index (χ3n) is 5.30. The van der Waals surface area contributed by atoms with Gasteiger partial charge in [-0.05, 0) is 25.0 Å². The number of hydrogen-bond donors (Lipinski definition) is 0. The van der Waals surface area contributed by atoms with Crippen molar-refractivity contribution in [2.24, 2.45) is 5.92 Å². The van der Waals surface area contributed by atoms with Crippen molar-refractivity contribution in [1.82, 2.24) is 9.88 Å². The average Bonchev–Trinajstić information content (AvgIpc) is 3.33. The minimum absolute atomic E-state index is 0.0273. The van der Waals surface area contributed by atoms with Crippen LogP contribution in [0.15, 0.2) is 28.7 Å². The van der Waals surface area contributed by atoms with Crippen molar-refractivity contribution in [3.05, 3.63) is 30.2 Å². The molecule has 0 N–H and O–H groups in total. The first kappa shape index (κ1) is 15.8. The molecule has 1 amide bonds. The minimum Gasteiger partial charge on any atom is -0.439 e. The Balaban J connectivity index is 1.54. The molecule has 1 aromatic carbocycles. The van der Waals surface area contributed by atoms with E-state index >= 15 is 0 Å². The number of oxazole rings is 1. The van der Waals surface area contributed by atoms with Gasteiger partial charge in [-0.25, -0.2) is 4.98 Å². The lowest BCUT2D eigenvalue weighted by molar-refractivity contribution is -0.130. The zero-order valence-electron chi connectivity index (χ0n) is 13.9. The number of para-hydroxylation sites is 2. The van der Waals surface area contributed by atoms with Gasteiger partial charge in [-0.2, -0.15) is 5.26 Å². The maximum absolute atomic E-state index is 12.9. The second-order valence-electron chi connectivity index (χ2n) is 6.87. The summed E-state index contributed by atoms with van der Waals surface area (Å²) < 4.78 is 5.60. The highest BCUT2D eigenvalue weighted by Crippen LogP contribution is 2.32. The molecule has 25 heavy (non-hydrogen) atoms. The molecule has 2 heterocycles. The Hall–Kier alpha value is -2.68. The normalized spacial score (nSPS) is 22.4. The first-order valence-corrected chi connectivity index (χ1v) is 8.75. The van der Waals surface area contributed by atoms with E-state index in [2.05, 4.69) is 4.98 Å². The standard InChI is InChI=1S/C19H19N3O3/c20-10-14(19-21-15-7-3-4-8-16(15)25-19)18(24)12-9-17(23)22(11-12)13-5-1-2-6-13/h3-4,7-8,12-14H,1-2,5-6,9,11H2/t12-,14+/m0/s1. The van der Waals surface area contributed by atoms with Crippen LogP contribution in [0, 0.1) is 17.2 Å². The smallest absolute Gasteiger partial charge is 0.223 e. The molecule has 1 saturated carbocycles. The molecule has 6 heteroatoms. The maximum atomic E-state index is 12.9. The first-order valence-electron chi connectivity index (χ1n) is 8.75. The molecule has 0 unspecified atom stereocenters. The van der Waals surface area contributed by atoms with Gasteiger partial charge < -0.3 is 9.32 Å². The van der Waals surface area contributed by atoms with E-state index in [9.17, 15) is 14.9 Å². The van der Waals surface area contributed by atoms with Crippen molar-refractivity contribution >= 4 is 22.8 Å². The van der Waals surface area contributed by atoms with Gasteiger partial charge in [-0.3, -0.25) is 9.59 Å². The summed E-state index contributed by atoms with van der Waals surface area (Å²) in [5.74, 6) is -1.62. The van der Waals surface area contributed by atoms with Crippen LogP contribution in [0.2, 0.25) is 0 Å². The molecule has 0 radical (unpaired) electrons. The lowest BCUT2D eigenvalue weighted by Crippen LogP contribution is -2.35. The summed E-state index contributed by atoms with van der Waals surface area (Å²) in [5.41, 5.74) is 1.18. The van der Waals surface area contributed by atoms with E-state index < -0.39 is 11.8 Å². The van der Waals surface area contributed by atoms with Crippen LogP contribution < -0.4 is 0 Å². The van der Waals surface area contributed by atoms with Crippen molar-refractivity contribution in [2.45, 2.75) is 44.1 Å². The number of amides is 1. The summed E-state index contributed by atoms with van der Waals surface area (Å²) in [6, 6.07) is 9.46. The van der Waals surface area contributed by atoms with Crippen LogP contribution in [0.1, 0.15) is 43.9 Å². The first-order chi connectivity index (χ1) is 12.2. The number of nitrogens with zero attached hydrogens (tertiary/aromatic N) is 3. The molecule has 6 nitrogen and oxygen atoms in total. The number of rotatable bonds is 4. The Morgan fingerprint density at radius 2 is 2.08 bits per heavy atom. The van der Waals surface area contributed by atoms with Crippen LogP contribution in [0.5, 0.6) is 0 Å². The summed E-state index contributed by atoms with van der Waals surface area (Å²) in [5, 5.41) is 9.51. The van der Waals surface area contributed by atoms with Gasteiger partial charge in [0, 0.05) is 24.9 Å². The molecule has 1 aliphatic carbocycles. The molecule has 1 saturated heterocycles. The fraction of sp³-hybridized carbons (Fsp3) is 0.474. The largest absolute Gasteiger partial charge is 0.439 e. The Morgan fingerprint density at radius 1 is 1.32 bits per heavy atom. The van der Waals surface area contributed by atoms with Crippen LogP contribution in [0.3, 0.4) is 0 Å². The molecule has 2 atom stereocenters. The van der Waals surface area contributed by atoms with Gasteiger partial charge in [0.1, 0.15) is 5.52 Å². The summed E-state index contributed by atoms with van der Waals surface area (Å²) in [7, 11) is 0. The highest BCUT2D eigenvalue weighted by molar-refractivity contribution is 5.95. The molecule has 2 aromatic rings. The van der Waals surface area contributed by atoms with Gasteiger partial charge in [0.25, 0.3) is 0 Å². The molecular weight excluding hydrogens is 318 g/mol. The summed E-state index contributed by atoms with van der Waals surface area (Å²) >= 11 is 0. The fourth-order valence-corrected chi connectivity index (χ4v) is 3.98. The van der Waals surface area contributed by atoms with E-state index in [-0.39, 0.29) is 30.0 Å². The van der Waals surface area contributed by atoms with Gasteiger partial charge in [0.2, 0.25) is 11.8 Å². The quantitative estimate of drug-likeness (QED) is 0.856. The van der Waals surface area contributed by atoms with Crippen molar-refractivity contribution in [2.75, 3.05) is 6.54 Å². The van der Waals surface area contributed by atoms with Crippen LogP contribution in [0.25, 0.3) is 11.1 Å². The molecule has 2 fully saturated rings. The fourth-order valence-electron chi connectivity index (χ4n) is 3.98. The number of nitriles is 1. The lowest BCUT2D eigenvalue weighted by atomic mass is 9.92. The maximum Gasteiger partial charge on any atom is 0.223 e. The van der Waals surface area contributed by atoms with E-state index in [0.717, 1.165) is 25.7 Å². The molecule has 1 aromatic heterocycles. The number of aromatic nitrogens is 1. The second-order valence-corrected chi connectivity index (χ2v) is 6.87. The third kappa shape index (κ3) is 2.80.